The molecule has 1 aromatic heterocycles. The Morgan fingerprint density at radius 3 is 2.62 bits per heavy atom. The van der Waals surface area contributed by atoms with Crippen molar-refractivity contribution < 1.29 is 4.52 Å². The van der Waals surface area contributed by atoms with Crippen LogP contribution in [0, 0.1) is 5.92 Å². The highest BCUT2D eigenvalue weighted by Gasteiger charge is 2.16. The lowest BCUT2D eigenvalue weighted by Crippen LogP contribution is -2.12. The minimum Gasteiger partial charge on any atom is -0.339 e. The Bertz CT molecular complexity index is 296. The van der Waals surface area contributed by atoms with Crippen LogP contribution in [0.1, 0.15) is 57.7 Å². The number of nitrogens with zero attached hydrogens (tertiary/aromatic N) is 2. The van der Waals surface area contributed by atoms with Gasteiger partial charge in [0.25, 0.3) is 0 Å². The second kappa shape index (κ2) is 6.63. The molecule has 1 heterocycles. The quantitative estimate of drug-likeness (QED) is 0.774. The molecule has 1 rings (SSSR count). The summed E-state index contributed by atoms with van der Waals surface area (Å²) in [5.74, 6) is 2.43. The topological polar surface area (TPSA) is 64.9 Å². The number of aryl methyl sites for hydroxylation is 1. The van der Waals surface area contributed by atoms with Crippen molar-refractivity contribution in [3.05, 3.63) is 11.7 Å². The third kappa shape index (κ3) is 3.93. The first-order valence-electron chi connectivity index (χ1n) is 6.19. The minimum absolute atomic E-state index is 0.227. The molecule has 0 saturated carbocycles. The predicted molar refractivity (Wildman–Crippen MR) is 64.2 cm³/mol. The number of hydrogen-bond donors (Lipinski definition) is 1. The molecule has 0 aliphatic carbocycles. The van der Waals surface area contributed by atoms with E-state index in [9.17, 15) is 0 Å². The standard InChI is InChI=1S/C12H23N3O/c1-4-5-10(8-13)12-14-11(15-16-12)7-6-9(2)3/h9-10H,4-8,13H2,1-3H3. The van der Waals surface area contributed by atoms with Gasteiger partial charge in [0.1, 0.15) is 0 Å². The van der Waals surface area contributed by atoms with Gasteiger partial charge < -0.3 is 10.3 Å². The van der Waals surface area contributed by atoms with E-state index in [4.69, 9.17) is 10.3 Å². The van der Waals surface area contributed by atoms with Crippen molar-refractivity contribution in [2.75, 3.05) is 6.54 Å². The van der Waals surface area contributed by atoms with Crippen LogP contribution in [0.4, 0.5) is 0 Å². The molecule has 0 aliphatic heterocycles. The molecule has 1 unspecified atom stereocenters. The van der Waals surface area contributed by atoms with Gasteiger partial charge in [-0.3, -0.25) is 0 Å². The lowest BCUT2D eigenvalue weighted by molar-refractivity contribution is 0.343. The van der Waals surface area contributed by atoms with Crippen LogP contribution in [0.15, 0.2) is 4.52 Å². The van der Waals surface area contributed by atoms with Gasteiger partial charge in [0, 0.05) is 13.0 Å². The fraction of sp³-hybridized carbons (Fsp3) is 0.833. The number of nitrogens with two attached hydrogens (primary N) is 1. The number of aromatic nitrogens is 2. The number of rotatable bonds is 7. The molecule has 1 aromatic rings. The van der Waals surface area contributed by atoms with Crippen molar-refractivity contribution in [2.24, 2.45) is 11.7 Å². The van der Waals surface area contributed by atoms with Gasteiger partial charge >= 0.3 is 0 Å². The Labute approximate surface area is 97.6 Å². The second-order valence-corrected chi connectivity index (χ2v) is 4.70. The maximum absolute atomic E-state index is 5.69. The maximum Gasteiger partial charge on any atom is 0.231 e. The van der Waals surface area contributed by atoms with Gasteiger partial charge in [0.15, 0.2) is 5.82 Å². The van der Waals surface area contributed by atoms with Crippen molar-refractivity contribution >= 4 is 0 Å². The average Bonchev–Trinajstić information content (AvgIpc) is 2.71. The van der Waals surface area contributed by atoms with E-state index in [0.717, 1.165) is 31.5 Å². The highest BCUT2D eigenvalue weighted by Crippen LogP contribution is 2.18. The van der Waals surface area contributed by atoms with Gasteiger partial charge in [-0.25, -0.2) is 0 Å². The van der Waals surface area contributed by atoms with Crippen LogP contribution in [0.25, 0.3) is 0 Å². The summed E-state index contributed by atoms with van der Waals surface area (Å²) in [5.41, 5.74) is 5.69. The van der Waals surface area contributed by atoms with E-state index in [0.29, 0.717) is 18.4 Å². The normalized spacial score (nSPS) is 13.3. The summed E-state index contributed by atoms with van der Waals surface area (Å²) in [7, 11) is 0. The molecule has 0 bridgehead atoms. The van der Waals surface area contributed by atoms with Crippen molar-refractivity contribution in [1.82, 2.24) is 10.1 Å². The van der Waals surface area contributed by atoms with Gasteiger partial charge in [0.05, 0.1) is 5.92 Å². The molecule has 92 valence electrons. The van der Waals surface area contributed by atoms with Crippen LogP contribution in [0.3, 0.4) is 0 Å². The van der Waals surface area contributed by atoms with E-state index < -0.39 is 0 Å². The highest BCUT2D eigenvalue weighted by molar-refractivity contribution is 4.94. The fourth-order valence-electron chi connectivity index (χ4n) is 1.64. The third-order valence-corrected chi connectivity index (χ3v) is 2.70. The summed E-state index contributed by atoms with van der Waals surface area (Å²) in [6.07, 6.45) is 4.10. The molecule has 16 heavy (non-hydrogen) atoms. The van der Waals surface area contributed by atoms with Crippen LogP contribution in [0.2, 0.25) is 0 Å². The molecule has 0 amide bonds. The largest absolute Gasteiger partial charge is 0.339 e. The molecule has 4 heteroatoms. The van der Waals surface area contributed by atoms with Gasteiger partial charge in [-0.05, 0) is 18.8 Å². The lowest BCUT2D eigenvalue weighted by atomic mass is 10.0. The summed E-state index contributed by atoms with van der Waals surface area (Å²) in [6.45, 7) is 7.11. The zero-order valence-electron chi connectivity index (χ0n) is 10.6. The predicted octanol–water partition coefficient (Wildman–Crippen LogP) is 2.50. The van der Waals surface area contributed by atoms with Crippen molar-refractivity contribution in [3.8, 4) is 0 Å². The molecule has 1 atom stereocenters. The highest BCUT2D eigenvalue weighted by atomic mass is 16.5. The van der Waals surface area contributed by atoms with Gasteiger partial charge in [-0.1, -0.05) is 32.3 Å². The average molecular weight is 225 g/mol. The molecule has 2 N–H and O–H groups in total. The van der Waals surface area contributed by atoms with Gasteiger partial charge in [0.2, 0.25) is 5.89 Å². The molecule has 0 spiro atoms. The van der Waals surface area contributed by atoms with Crippen molar-refractivity contribution in [3.63, 3.8) is 0 Å². The number of hydrogen-bond acceptors (Lipinski definition) is 4. The van der Waals surface area contributed by atoms with Crippen molar-refractivity contribution in [2.45, 2.75) is 52.4 Å². The summed E-state index contributed by atoms with van der Waals surface area (Å²) >= 11 is 0. The van der Waals surface area contributed by atoms with Crippen LogP contribution in [-0.2, 0) is 6.42 Å². The molecule has 0 fully saturated rings. The second-order valence-electron chi connectivity index (χ2n) is 4.70. The van der Waals surface area contributed by atoms with E-state index >= 15 is 0 Å². The molecule has 4 nitrogen and oxygen atoms in total. The summed E-state index contributed by atoms with van der Waals surface area (Å²) < 4.78 is 5.26. The lowest BCUT2D eigenvalue weighted by Gasteiger charge is -2.06. The monoisotopic (exact) mass is 225 g/mol. The Morgan fingerprint density at radius 1 is 1.31 bits per heavy atom. The first-order valence-corrected chi connectivity index (χ1v) is 6.19. The maximum atomic E-state index is 5.69. The molecule has 0 aromatic carbocycles. The molecule has 0 aliphatic rings. The van der Waals surface area contributed by atoms with Crippen LogP contribution >= 0.6 is 0 Å². The van der Waals surface area contributed by atoms with Gasteiger partial charge in [-0.2, -0.15) is 4.98 Å². The first-order chi connectivity index (χ1) is 7.67. The Morgan fingerprint density at radius 2 is 2.06 bits per heavy atom. The van der Waals surface area contributed by atoms with E-state index in [2.05, 4.69) is 30.9 Å². The minimum atomic E-state index is 0.227. The van der Waals surface area contributed by atoms with Crippen LogP contribution in [0.5, 0.6) is 0 Å². The Kier molecular flexibility index (Phi) is 5.46. The summed E-state index contributed by atoms with van der Waals surface area (Å²) in [6, 6.07) is 0. The van der Waals surface area contributed by atoms with E-state index in [-0.39, 0.29) is 5.92 Å². The third-order valence-electron chi connectivity index (χ3n) is 2.70. The summed E-state index contributed by atoms with van der Waals surface area (Å²) in [4.78, 5) is 4.41. The molecule has 0 radical (unpaired) electrons. The SMILES string of the molecule is CCCC(CN)c1nc(CCC(C)C)no1. The molecular weight excluding hydrogens is 202 g/mol. The Balaban J connectivity index is 2.55. The molecule has 0 saturated heterocycles. The first kappa shape index (κ1) is 13.2. The molecular formula is C12H23N3O. The zero-order chi connectivity index (χ0) is 12.0. The zero-order valence-corrected chi connectivity index (χ0v) is 10.6. The summed E-state index contributed by atoms with van der Waals surface area (Å²) in [5, 5.41) is 4.00. The van der Waals surface area contributed by atoms with Crippen molar-refractivity contribution in [1.29, 1.82) is 0 Å². The Hall–Kier alpha value is -0.900. The van der Waals surface area contributed by atoms with E-state index in [1.807, 2.05) is 0 Å². The van der Waals surface area contributed by atoms with Crippen LogP contribution in [-0.4, -0.2) is 16.7 Å². The van der Waals surface area contributed by atoms with E-state index in [1.54, 1.807) is 0 Å². The van der Waals surface area contributed by atoms with E-state index in [1.165, 1.54) is 0 Å². The smallest absolute Gasteiger partial charge is 0.231 e. The fourth-order valence-corrected chi connectivity index (χ4v) is 1.64. The van der Waals surface area contributed by atoms with Crippen LogP contribution < -0.4 is 5.73 Å². The van der Waals surface area contributed by atoms with Gasteiger partial charge in [-0.15, -0.1) is 0 Å².